The summed E-state index contributed by atoms with van der Waals surface area (Å²) in [5.41, 5.74) is 0.371. The van der Waals surface area contributed by atoms with Crippen molar-refractivity contribution in [2.45, 2.75) is 18.3 Å². The van der Waals surface area contributed by atoms with E-state index in [2.05, 4.69) is 15.6 Å². The van der Waals surface area contributed by atoms with Crippen LogP contribution in [0, 0.1) is 0 Å². The first-order valence-electron chi connectivity index (χ1n) is 5.64. The quantitative estimate of drug-likeness (QED) is 0.759. The molecule has 2 N–H and O–H groups in total. The molecule has 16 heavy (non-hydrogen) atoms. The number of aromatic nitrogens is 1. The highest BCUT2D eigenvalue weighted by molar-refractivity contribution is 5.88. The van der Waals surface area contributed by atoms with Crippen molar-refractivity contribution in [1.82, 2.24) is 15.6 Å². The monoisotopic (exact) mass is 219 g/mol. The van der Waals surface area contributed by atoms with Crippen LogP contribution in [0.2, 0.25) is 0 Å². The highest BCUT2D eigenvalue weighted by atomic mass is 16.2. The Morgan fingerprint density at radius 3 is 3.00 bits per heavy atom. The Hall–Kier alpha value is -1.42. The summed E-state index contributed by atoms with van der Waals surface area (Å²) < 4.78 is 0. The SMILES string of the molecule is CNC(=O)C1(c2ccccn2)CCCNC1. The number of nitrogens with zero attached hydrogens (tertiary/aromatic N) is 1. The lowest BCUT2D eigenvalue weighted by Gasteiger charge is -2.35. The van der Waals surface area contributed by atoms with Crippen molar-refractivity contribution in [2.75, 3.05) is 20.1 Å². The molecule has 1 aromatic heterocycles. The predicted molar refractivity (Wildman–Crippen MR) is 62.1 cm³/mol. The zero-order valence-electron chi connectivity index (χ0n) is 9.49. The fraction of sp³-hybridized carbons (Fsp3) is 0.500. The Bertz CT molecular complexity index is 358. The highest BCUT2D eigenvalue weighted by Crippen LogP contribution is 2.29. The molecule has 2 heterocycles. The van der Waals surface area contributed by atoms with Crippen LogP contribution in [-0.4, -0.2) is 31.0 Å². The first-order chi connectivity index (χ1) is 7.79. The molecule has 0 spiro atoms. The molecule has 1 amide bonds. The van der Waals surface area contributed by atoms with Crippen LogP contribution in [0.4, 0.5) is 0 Å². The van der Waals surface area contributed by atoms with E-state index in [4.69, 9.17) is 0 Å². The fourth-order valence-electron chi connectivity index (χ4n) is 2.32. The number of nitrogens with one attached hydrogen (secondary N) is 2. The summed E-state index contributed by atoms with van der Waals surface area (Å²) >= 11 is 0. The first-order valence-corrected chi connectivity index (χ1v) is 5.64. The van der Waals surface area contributed by atoms with Gasteiger partial charge in [-0.2, -0.15) is 0 Å². The molecule has 4 nitrogen and oxygen atoms in total. The summed E-state index contributed by atoms with van der Waals surface area (Å²) in [6, 6.07) is 5.74. The van der Waals surface area contributed by atoms with E-state index in [1.54, 1.807) is 13.2 Å². The van der Waals surface area contributed by atoms with E-state index < -0.39 is 5.41 Å². The van der Waals surface area contributed by atoms with Gasteiger partial charge < -0.3 is 10.6 Å². The molecular weight excluding hydrogens is 202 g/mol. The van der Waals surface area contributed by atoms with Crippen LogP contribution < -0.4 is 10.6 Å². The number of hydrogen-bond donors (Lipinski definition) is 2. The van der Waals surface area contributed by atoms with Crippen molar-refractivity contribution >= 4 is 5.91 Å². The average Bonchev–Trinajstić information content (AvgIpc) is 2.39. The summed E-state index contributed by atoms with van der Waals surface area (Å²) in [4.78, 5) is 16.4. The molecule has 0 radical (unpaired) electrons. The van der Waals surface area contributed by atoms with Crippen molar-refractivity contribution in [3.8, 4) is 0 Å². The summed E-state index contributed by atoms with van der Waals surface area (Å²) in [7, 11) is 1.68. The maximum absolute atomic E-state index is 12.1. The Morgan fingerprint density at radius 2 is 2.44 bits per heavy atom. The van der Waals surface area contributed by atoms with E-state index in [1.807, 2.05) is 18.2 Å². The van der Waals surface area contributed by atoms with Crippen LogP contribution in [0.25, 0.3) is 0 Å². The lowest BCUT2D eigenvalue weighted by Crippen LogP contribution is -2.53. The maximum Gasteiger partial charge on any atom is 0.233 e. The van der Waals surface area contributed by atoms with Gasteiger partial charge in [0.05, 0.1) is 5.69 Å². The molecule has 1 saturated heterocycles. The van der Waals surface area contributed by atoms with Crippen molar-refractivity contribution in [2.24, 2.45) is 0 Å². The van der Waals surface area contributed by atoms with Gasteiger partial charge in [0, 0.05) is 19.8 Å². The second-order valence-corrected chi connectivity index (χ2v) is 4.16. The van der Waals surface area contributed by atoms with Crippen LogP contribution in [0.5, 0.6) is 0 Å². The van der Waals surface area contributed by atoms with E-state index in [9.17, 15) is 4.79 Å². The molecule has 1 aromatic rings. The van der Waals surface area contributed by atoms with Crippen molar-refractivity contribution in [3.63, 3.8) is 0 Å². The molecule has 1 atom stereocenters. The van der Waals surface area contributed by atoms with Crippen LogP contribution in [0.3, 0.4) is 0 Å². The molecule has 0 aliphatic carbocycles. The van der Waals surface area contributed by atoms with Crippen LogP contribution in [0.15, 0.2) is 24.4 Å². The summed E-state index contributed by atoms with van der Waals surface area (Å²) in [5.74, 6) is 0.0541. The number of hydrogen-bond acceptors (Lipinski definition) is 3. The topological polar surface area (TPSA) is 54.0 Å². The zero-order chi connectivity index (χ0) is 11.4. The third-order valence-corrected chi connectivity index (χ3v) is 3.20. The van der Waals surface area contributed by atoms with Gasteiger partial charge in [-0.05, 0) is 31.5 Å². The molecule has 0 aromatic carbocycles. The highest BCUT2D eigenvalue weighted by Gasteiger charge is 2.41. The van der Waals surface area contributed by atoms with Gasteiger partial charge in [0.15, 0.2) is 0 Å². The molecular formula is C12H17N3O. The molecule has 1 aliphatic heterocycles. The molecule has 0 saturated carbocycles. The number of carbonyl (C=O) groups is 1. The average molecular weight is 219 g/mol. The standard InChI is InChI=1S/C12H17N3O/c1-13-11(16)12(6-4-7-14-9-12)10-5-2-3-8-15-10/h2-3,5,8,14H,4,6-7,9H2,1H3,(H,13,16). The minimum absolute atomic E-state index is 0.0541. The molecule has 2 rings (SSSR count). The number of amides is 1. The van der Waals surface area contributed by atoms with E-state index in [0.29, 0.717) is 6.54 Å². The van der Waals surface area contributed by atoms with Gasteiger partial charge in [-0.25, -0.2) is 0 Å². The largest absolute Gasteiger partial charge is 0.358 e. The van der Waals surface area contributed by atoms with Gasteiger partial charge in [-0.3, -0.25) is 9.78 Å². The molecule has 1 fully saturated rings. The minimum atomic E-state index is -0.492. The second kappa shape index (κ2) is 4.61. The van der Waals surface area contributed by atoms with Crippen molar-refractivity contribution in [1.29, 1.82) is 0 Å². The van der Waals surface area contributed by atoms with Crippen LogP contribution >= 0.6 is 0 Å². The smallest absolute Gasteiger partial charge is 0.233 e. The Kier molecular flexibility index (Phi) is 3.19. The summed E-state index contributed by atoms with van der Waals surface area (Å²) in [6.07, 6.45) is 3.61. The number of likely N-dealkylation sites (N-methyl/N-ethyl adjacent to an activating group) is 1. The van der Waals surface area contributed by atoms with Gasteiger partial charge >= 0.3 is 0 Å². The van der Waals surface area contributed by atoms with E-state index in [-0.39, 0.29) is 5.91 Å². The van der Waals surface area contributed by atoms with E-state index in [0.717, 1.165) is 25.1 Å². The van der Waals surface area contributed by atoms with Gasteiger partial charge in [-0.15, -0.1) is 0 Å². The first kappa shape index (κ1) is 11.1. The van der Waals surface area contributed by atoms with Crippen LogP contribution in [0.1, 0.15) is 18.5 Å². The van der Waals surface area contributed by atoms with Gasteiger partial charge in [-0.1, -0.05) is 6.07 Å². The van der Waals surface area contributed by atoms with E-state index >= 15 is 0 Å². The lowest BCUT2D eigenvalue weighted by molar-refractivity contribution is -0.127. The molecule has 86 valence electrons. The Labute approximate surface area is 95.5 Å². The summed E-state index contributed by atoms with van der Waals surface area (Å²) in [6.45, 7) is 1.65. The normalized spacial score (nSPS) is 25.1. The fourth-order valence-corrected chi connectivity index (χ4v) is 2.32. The van der Waals surface area contributed by atoms with Gasteiger partial charge in [0.25, 0.3) is 0 Å². The van der Waals surface area contributed by atoms with Crippen molar-refractivity contribution in [3.05, 3.63) is 30.1 Å². The second-order valence-electron chi connectivity index (χ2n) is 4.16. The lowest BCUT2D eigenvalue weighted by atomic mass is 9.76. The minimum Gasteiger partial charge on any atom is -0.358 e. The molecule has 1 unspecified atom stereocenters. The number of carbonyl (C=O) groups excluding carboxylic acids is 1. The number of pyridine rings is 1. The number of rotatable bonds is 2. The van der Waals surface area contributed by atoms with E-state index in [1.165, 1.54) is 0 Å². The third-order valence-electron chi connectivity index (χ3n) is 3.20. The zero-order valence-corrected chi connectivity index (χ0v) is 9.49. The summed E-state index contributed by atoms with van der Waals surface area (Å²) in [5, 5.41) is 6.04. The van der Waals surface area contributed by atoms with Crippen LogP contribution in [-0.2, 0) is 10.2 Å². The maximum atomic E-state index is 12.1. The van der Waals surface area contributed by atoms with Gasteiger partial charge in [0.2, 0.25) is 5.91 Å². The molecule has 1 aliphatic rings. The van der Waals surface area contributed by atoms with Crippen molar-refractivity contribution < 1.29 is 4.79 Å². The third kappa shape index (κ3) is 1.80. The van der Waals surface area contributed by atoms with Gasteiger partial charge in [0.1, 0.15) is 5.41 Å². The number of piperidine rings is 1. The molecule has 4 heteroatoms. The Morgan fingerprint density at radius 1 is 1.56 bits per heavy atom. The predicted octanol–water partition coefficient (Wildman–Crippen LogP) is 0.449. The Balaban J connectivity index is 2.38. The molecule has 0 bridgehead atoms.